The van der Waals surface area contributed by atoms with Gasteiger partial charge in [0, 0.05) is 23.6 Å². The number of carbonyl (C=O) groups is 1. The summed E-state index contributed by atoms with van der Waals surface area (Å²) in [5.74, 6) is 0.708. The maximum absolute atomic E-state index is 11.3. The van der Waals surface area contributed by atoms with Crippen LogP contribution in [0.4, 0.5) is 5.69 Å². The first-order valence-corrected chi connectivity index (χ1v) is 6.08. The first-order chi connectivity index (χ1) is 9.24. The Balaban J connectivity index is 2.23. The third-order valence-electron chi connectivity index (χ3n) is 2.98. The van der Waals surface area contributed by atoms with Crippen molar-refractivity contribution in [3.63, 3.8) is 0 Å². The quantitative estimate of drug-likeness (QED) is 0.746. The summed E-state index contributed by atoms with van der Waals surface area (Å²) in [7, 11) is 0. The second kappa shape index (κ2) is 4.61. The maximum atomic E-state index is 11.3. The molecule has 0 saturated heterocycles. The Bertz CT molecular complexity index is 730. The van der Waals surface area contributed by atoms with Gasteiger partial charge in [-0.3, -0.25) is 4.79 Å². The number of rotatable bonds is 2. The Morgan fingerprint density at radius 3 is 2.68 bits per heavy atom. The topological polar surface area (TPSA) is 42.2 Å². The third kappa shape index (κ3) is 2.22. The van der Waals surface area contributed by atoms with Gasteiger partial charge in [0.05, 0.1) is 6.26 Å². The molecule has 2 aromatic carbocycles. The zero-order chi connectivity index (χ0) is 13.2. The van der Waals surface area contributed by atoms with Crippen LogP contribution in [0.2, 0.25) is 0 Å². The van der Waals surface area contributed by atoms with Crippen LogP contribution in [0, 0.1) is 0 Å². The molecule has 3 nitrogen and oxygen atoms in total. The minimum Gasteiger partial charge on any atom is -0.464 e. The van der Waals surface area contributed by atoms with Gasteiger partial charge in [0.15, 0.2) is 0 Å². The van der Waals surface area contributed by atoms with Crippen LogP contribution < -0.4 is 5.32 Å². The van der Waals surface area contributed by atoms with Crippen molar-refractivity contribution < 1.29 is 9.21 Å². The fourth-order valence-electron chi connectivity index (χ4n) is 2.19. The zero-order valence-electron chi connectivity index (χ0n) is 10.5. The van der Waals surface area contributed by atoms with E-state index in [-0.39, 0.29) is 5.91 Å². The number of amides is 1. The Labute approximate surface area is 110 Å². The molecule has 0 aliphatic carbocycles. The van der Waals surface area contributed by atoms with Crippen LogP contribution in [0.25, 0.3) is 22.1 Å². The standard InChI is InChI=1S/C16H13NO2/c1-11(18)17-15-10-13(16-7-4-8-19-16)9-12-5-2-3-6-14(12)15/h2-10H,1H3,(H,17,18). The Kier molecular flexibility index (Phi) is 2.80. The normalized spacial score (nSPS) is 10.6. The predicted molar refractivity (Wildman–Crippen MR) is 76.0 cm³/mol. The Hall–Kier alpha value is -2.55. The van der Waals surface area contributed by atoms with E-state index in [9.17, 15) is 4.79 Å². The first-order valence-electron chi connectivity index (χ1n) is 6.08. The molecule has 0 fully saturated rings. The summed E-state index contributed by atoms with van der Waals surface area (Å²) >= 11 is 0. The maximum Gasteiger partial charge on any atom is 0.221 e. The molecular weight excluding hydrogens is 238 g/mol. The lowest BCUT2D eigenvalue weighted by atomic mass is 10.0. The molecule has 0 aliphatic rings. The summed E-state index contributed by atoms with van der Waals surface area (Å²) in [5, 5.41) is 4.96. The van der Waals surface area contributed by atoms with Crippen molar-refractivity contribution in [2.45, 2.75) is 6.92 Å². The average molecular weight is 251 g/mol. The summed E-state index contributed by atoms with van der Waals surface area (Å²) < 4.78 is 5.42. The molecule has 0 saturated carbocycles. The first kappa shape index (κ1) is 11.5. The van der Waals surface area contributed by atoms with E-state index >= 15 is 0 Å². The van der Waals surface area contributed by atoms with E-state index in [1.807, 2.05) is 42.5 Å². The van der Waals surface area contributed by atoms with Crippen molar-refractivity contribution in [3.05, 3.63) is 54.8 Å². The molecule has 0 unspecified atom stereocenters. The van der Waals surface area contributed by atoms with Gasteiger partial charge in [-0.2, -0.15) is 0 Å². The number of nitrogens with one attached hydrogen (secondary N) is 1. The van der Waals surface area contributed by atoms with Crippen LogP contribution in [0.5, 0.6) is 0 Å². The van der Waals surface area contributed by atoms with E-state index < -0.39 is 0 Å². The number of hydrogen-bond donors (Lipinski definition) is 1. The summed E-state index contributed by atoms with van der Waals surface area (Å²) in [4.78, 5) is 11.3. The van der Waals surface area contributed by atoms with E-state index in [1.165, 1.54) is 6.92 Å². The second-order valence-electron chi connectivity index (χ2n) is 4.40. The molecular formula is C16H13NO2. The minimum atomic E-state index is -0.0817. The smallest absolute Gasteiger partial charge is 0.221 e. The SMILES string of the molecule is CC(=O)Nc1cc(-c2ccco2)cc2ccccc12. The molecule has 3 rings (SSSR count). The molecule has 0 aliphatic heterocycles. The fraction of sp³-hybridized carbons (Fsp3) is 0.0625. The molecule has 3 aromatic rings. The zero-order valence-corrected chi connectivity index (χ0v) is 10.5. The Morgan fingerprint density at radius 2 is 1.95 bits per heavy atom. The summed E-state index contributed by atoms with van der Waals surface area (Å²) in [6.07, 6.45) is 1.64. The van der Waals surface area contributed by atoms with Crippen molar-refractivity contribution in [3.8, 4) is 11.3 Å². The number of fused-ring (bicyclic) bond motifs is 1. The van der Waals surface area contributed by atoms with Gasteiger partial charge in [-0.1, -0.05) is 24.3 Å². The van der Waals surface area contributed by atoms with Crippen molar-refractivity contribution >= 4 is 22.4 Å². The molecule has 94 valence electrons. The van der Waals surface area contributed by atoms with E-state index in [2.05, 4.69) is 11.4 Å². The molecule has 1 amide bonds. The highest BCUT2D eigenvalue weighted by Gasteiger charge is 2.08. The average Bonchev–Trinajstić information content (AvgIpc) is 2.92. The van der Waals surface area contributed by atoms with Crippen LogP contribution in [-0.4, -0.2) is 5.91 Å². The van der Waals surface area contributed by atoms with Crippen LogP contribution >= 0.6 is 0 Å². The molecule has 1 aromatic heterocycles. The lowest BCUT2D eigenvalue weighted by molar-refractivity contribution is -0.114. The summed E-state index contributed by atoms with van der Waals surface area (Å²) in [6, 6.07) is 15.7. The van der Waals surface area contributed by atoms with Crippen molar-refractivity contribution in [1.82, 2.24) is 0 Å². The summed E-state index contributed by atoms with van der Waals surface area (Å²) in [6.45, 7) is 1.51. The van der Waals surface area contributed by atoms with Crippen molar-refractivity contribution in [2.75, 3.05) is 5.32 Å². The van der Waals surface area contributed by atoms with E-state index in [0.29, 0.717) is 0 Å². The lowest BCUT2D eigenvalue weighted by Crippen LogP contribution is -2.06. The van der Waals surface area contributed by atoms with Crippen LogP contribution in [0.1, 0.15) is 6.92 Å². The van der Waals surface area contributed by atoms with Crippen molar-refractivity contribution in [1.29, 1.82) is 0 Å². The van der Waals surface area contributed by atoms with Gasteiger partial charge in [0.25, 0.3) is 0 Å². The van der Waals surface area contributed by atoms with Gasteiger partial charge in [0.1, 0.15) is 5.76 Å². The molecule has 3 heteroatoms. The highest BCUT2D eigenvalue weighted by atomic mass is 16.3. The molecule has 0 bridgehead atoms. The highest BCUT2D eigenvalue weighted by molar-refractivity contribution is 6.03. The lowest BCUT2D eigenvalue weighted by Gasteiger charge is -2.09. The van der Waals surface area contributed by atoms with Crippen LogP contribution in [0.3, 0.4) is 0 Å². The van der Waals surface area contributed by atoms with Crippen LogP contribution in [0.15, 0.2) is 59.2 Å². The number of hydrogen-bond acceptors (Lipinski definition) is 2. The molecule has 0 spiro atoms. The number of benzene rings is 2. The van der Waals surface area contributed by atoms with Crippen molar-refractivity contribution in [2.24, 2.45) is 0 Å². The number of carbonyl (C=O) groups excluding carboxylic acids is 1. The van der Waals surface area contributed by atoms with Gasteiger partial charge in [-0.05, 0) is 29.7 Å². The van der Waals surface area contributed by atoms with Gasteiger partial charge in [0.2, 0.25) is 5.91 Å². The Morgan fingerprint density at radius 1 is 1.11 bits per heavy atom. The van der Waals surface area contributed by atoms with E-state index in [1.54, 1.807) is 6.26 Å². The van der Waals surface area contributed by atoms with Gasteiger partial charge in [-0.15, -0.1) is 0 Å². The monoisotopic (exact) mass is 251 g/mol. The number of anilines is 1. The highest BCUT2D eigenvalue weighted by Crippen LogP contribution is 2.31. The van der Waals surface area contributed by atoms with Gasteiger partial charge in [-0.25, -0.2) is 0 Å². The minimum absolute atomic E-state index is 0.0817. The van der Waals surface area contributed by atoms with E-state index in [0.717, 1.165) is 27.8 Å². The largest absolute Gasteiger partial charge is 0.464 e. The summed E-state index contributed by atoms with van der Waals surface area (Å²) in [5.41, 5.74) is 1.75. The fourth-order valence-corrected chi connectivity index (χ4v) is 2.19. The molecule has 0 radical (unpaired) electrons. The van der Waals surface area contributed by atoms with E-state index in [4.69, 9.17) is 4.42 Å². The second-order valence-corrected chi connectivity index (χ2v) is 4.40. The predicted octanol–water partition coefficient (Wildman–Crippen LogP) is 4.06. The molecule has 1 N–H and O–H groups in total. The third-order valence-corrected chi connectivity index (χ3v) is 2.98. The van der Waals surface area contributed by atoms with Gasteiger partial charge < -0.3 is 9.73 Å². The molecule has 1 heterocycles. The number of furan rings is 1. The van der Waals surface area contributed by atoms with Crippen LogP contribution in [-0.2, 0) is 4.79 Å². The molecule has 0 atom stereocenters. The molecule has 19 heavy (non-hydrogen) atoms. The van der Waals surface area contributed by atoms with Gasteiger partial charge >= 0.3 is 0 Å².